The van der Waals surface area contributed by atoms with Gasteiger partial charge in [0.25, 0.3) is 5.91 Å². The molecule has 0 radical (unpaired) electrons. The molecular formula is C21H24ClN3O2. The second-order valence-corrected chi connectivity index (χ2v) is 7.24. The number of nitrogens with one attached hydrogen (secondary N) is 3. The third-order valence-electron chi connectivity index (χ3n) is 4.63. The van der Waals surface area contributed by atoms with Crippen molar-refractivity contribution >= 4 is 34.8 Å². The summed E-state index contributed by atoms with van der Waals surface area (Å²) >= 11 is 5.93. The van der Waals surface area contributed by atoms with Gasteiger partial charge >= 0.3 is 0 Å². The van der Waals surface area contributed by atoms with Crippen molar-refractivity contribution in [3.8, 4) is 0 Å². The Morgan fingerprint density at radius 1 is 0.963 bits per heavy atom. The maximum absolute atomic E-state index is 12.4. The molecule has 0 aromatic heterocycles. The lowest BCUT2D eigenvalue weighted by Gasteiger charge is -2.22. The van der Waals surface area contributed by atoms with Crippen LogP contribution < -0.4 is 16.0 Å². The van der Waals surface area contributed by atoms with Gasteiger partial charge in [-0.25, -0.2) is 0 Å². The van der Waals surface area contributed by atoms with Crippen LogP contribution in [0.5, 0.6) is 0 Å². The van der Waals surface area contributed by atoms with E-state index in [0.717, 1.165) is 18.5 Å². The second kappa shape index (κ2) is 9.42. The average molecular weight is 386 g/mol. The van der Waals surface area contributed by atoms with E-state index in [-0.39, 0.29) is 24.4 Å². The molecule has 2 aromatic carbocycles. The normalized spacial score (nSPS) is 14.4. The van der Waals surface area contributed by atoms with Gasteiger partial charge in [-0.05, 0) is 49.2 Å². The number of benzene rings is 2. The number of amides is 2. The van der Waals surface area contributed by atoms with Gasteiger partial charge in [-0.15, -0.1) is 0 Å². The van der Waals surface area contributed by atoms with Crippen molar-refractivity contribution in [1.29, 1.82) is 0 Å². The summed E-state index contributed by atoms with van der Waals surface area (Å²) in [6.07, 6.45) is 5.66. The van der Waals surface area contributed by atoms with Gasteiger partial charge in [-0.2, -0.15) is 0 Å². The zero-order valence-corrected chi connectivity index (χ0v) is 15.9. The minimum Gasteiger partial charge on any atom is -0.376 e. The molecule has 27 heavy (non-hydrogen) atoms. The Balaban J connectivity index is 1.53. The van der Waals surface area contributed by atoms with Crippen molar-refractivity contribution < 1.29 is 9.59 Å². The Kier molecular flexibility index (Phi) is 6.71. The molecule has 0 spiro atoms. The van der Waals surface area contributed by atoms with Gasteiger partial charge in [0.15, 0.2) is 0 Å². The lowest BCUT2D eigenvalue weighted by Crippen LogP contribution is -2.36. The molecule has 0 heterocycles. The Bertz CT molecular complexity index is 804. The van der Waals surface area contributed by atoms with Crippen molar-refractivity contribution in [1.82, 2.24) is 5.32 Å². The molecule has 142 valence electrons. The molecular weight excluding hydrogens is 362 g/mol. The molecule has 2 aromatic rings. The Morgan fingerprint density at radius 2 is 1.70 bits per heavy atom. The molecule has 0 saturated heterocycles. The van der Waals surface area contributed by atoms with Crippen LogP contribution in [0.2, 0.25) is 5.02 Å². The quantitative estimate of drug-likeness (QED) is 0.687. The molecule has 1 saturated carbocycles. The molecule has 6 heteroatoms. The highest BCUT2D eigenvalue weighted by molar-refractivity contribution is 6.30. The smallest absolute Gasteiger partial charge is 0.251 e. The summed E-state index contributed by atoms with van der Waals surface area (Å²) in [6.45, 7) is 0.110. The van der Waals surface area contributed by atoms with E-state index >= 15 is 0 Å². The van der Waals surface area contributed by atoms with E-state index in [1.165, 1.54) is 19.3 Å². The second-order valence-electron chi connectivity index (χ2n) is 6.80. The van der Waals surface area contributed by atoms with Crippen molar-refractivity contribution in [3.63, 3.8) is 0 Å². The summed E-state index contributed by atoms with van der Waals surface area (Å²) in [5.74, 6) is -0.283. The highest BCUT2D eigenvalue weighted by Gasteiger charge is 2.17. The molecule has 0 atom stereocenters. The highest BCUT2D eigenvalue weighted by Crippen LogP contribution is 2.19. The molecule has 2 amide bonds. The lowest BCUT2D eigenvalue weighted by molar-refractivity contribution is -0.114. The number of carbonyl (C=O) groups excluding carboxylic acids is 2. The zero-order chi connectivity index (χ0) is 19.1. The van der Waals surface area contributed by atoms with Gasteiger partial charge in [0.2, 0.25) is 5.91 Å². The van der Waals surface area contributed by atoms with Crippen molar-refractivity contribution in [2.24, 2.45) is 0 Å². The van der Waals surface area contributed by atoms with Crippen LogP contribution >= 0.6 is 11.6 Å². The van der Waals surface area contributed by atoms with Crippen LogP contribution in [0.4, 0.5) is 11.4 Å². The number of anilines is 2. The van der Waals surface area contributed by atoms with Gasteiger partial charge < -0.3 is 16.0 Å². The van der Waals surface area contributed by atoms with E-state index in [0.29, 0.717) is 16.3 Å². The number of hydrogen-bond donors (Lipinski definition) is 3. The third-order valence-corrected chi connectivity index (χ3v) is 4.86. The van der Waals surface area contributed by atoms with Crippen LogP contribution in [0.1, 0.15) is 42.5 Å². The largest absolute Gasteiger partial charge is 0.376 e. The topological polar surface area (TPSA) is 70.2 Å². The van der Waals surface area contributed by atoms with E-state index in [2.05, 4.69) is 16.0 Å². The minimum atomic E-state index is -0.195. The molecule has 1 aliphatic rings. The van der Waals surface area contributed by atoms with Crippen LogP contribution in [0.15, 0.2) is 48.5 Å². The van der Waals surface area contributed by atoms with Crippen LogP contribution in [0.3, 0.4) is 0 Å². The molecule has 1 aliphatic carbocycles. The Hall–Kier alpha value is -2.53. The molecule has 0 aliphatic heterocycles. The fourth-order valence-corrected chi connectivity index (χ4v) is 3.43. The summed E-state index contributed by atoms with van der Waals surface area (Å²) in [5, 5.41) is 9.53. The fraction of sp³-hybridized carbons (Fsp3) is 0.333. The SMILES string of the molecule is O=C(CNc1cccc(Cl)c1)Nc1cccc(C(=O)NC2CCCCC2)c1. The summed E-state index contributed by atoms with van der Waals surface area (Å²) in [6, 6.07) is 14.5. The first-order valence-corrected chi connectivity index (χ1v) is 9.68. The predicted molar refractivity (Wildman–Crippen MR) is 109 cm³/mol. The number of halogens is 1. The van der Waals surface area contributed by atoms with Gasteiger partial charge in [-0.1, -0.05) is 43.0 Å². The first kappa shape index (κ1) is 19.2. The monoisotopic (exact) mass is 385 g/mol. The Morgan fingerprint density at radius 3 is 2.48 bits per heavy atom. The highest BCUT2D eigenvalue weighted by atomic mass is 35.5. The summed E-state index contributed by atoms with van der Waals surface area (Å²) in [4.78, 5) is 24.6. The standard InChI is InChI=1S/C21H24ClN3O2/c22-16-7-5-10-18(13-16)23-14-20(26)24-19-11-4-6-15(12-19)21(27)25-17-8-2-1-3-9-17/h4-7,10-13,17,23H,1-3,8-9,14H2,(H,24,26)(H,25,27). The number of hydrogen-bond acceptors (Lipinski definition) is 3. The van der Waals surface area contributed by atoms with E-state index in [4.69, 9.17) is 11.6 Å². The van der Waals surface area contributed by atoms with E-state index in [1.807, 2.05) is 12.1 Å². The predicted octanol–water partition coefficient (Wildman–Crippen LogP) is 4.45. The van der Waals surface area contributed by atoms with Gasteiger partial charge in [-0.3, -0.25) is 9.59 Å². The maximum atomic E-state index is 12.4. The van der Waals surface area contributed by atoms with E-state index < -0.39 is 0 Å². The van der Waals surface area contributed by atoms with Crippen LogP contribution in [-0.4, -0.2) is 24.4 Å². The fourth-order valence-electron chi connectivity index (χ4n) is 3.24. The van der Waals surface area contributed by atoms with Crippen LogP contribution in [-0.2, 0) is 4.79 Å². The van der Waals surface area contributed by atoms with E-state index in [9.17, 15) is 9.59 Å². The third kappa shape index (κ3) is 6.00. The van der Waals surface area contributed by atoms with Gasteiger partial charge in [0.05, 0.1) is 6.54 Å². The number of carbonyl (C=O) groups is 2. The zero-order valence-electron chi connectivity index (χ0n) is 15.1. The first-order valence-electron chi connectivity index (χ1n) is 9.30. The van der Waals surface area contributed by atoms with Gasteiger partial charge in [0, 0.05) is 28.0 Å². The van der Waals surface area contributed by atoms with Gasteiger partial charge in [0.1, 0.15) is 0 Å². The summed E-state index contributed by atoms with van der Waals surface area (Å²) in [7, 11) is 0. The van der Waals surface area contributed by atoms with Crippen LogP contribution in [0, 0.1) is 0 Å². The minimum absolute atomic E-state index is 0.0879. The van der Waals surface area contributed by atoms with Crippen LogP contribution in [0.25, 0.3) is 0 Å². The van der Waals surface area contributed by atoms with Crippen molar-refractivity contribution in [2.45, 2.75) is 38.1 Å². The van der Waals surface area contributed by atoms with Crippen molar-refractivity contribution in [2.75, 3.05) is 17.2 Å². The summed E-state index contributed by atoms with van der Waals surface area (Å²) < 4.78 is 0. The molecule has 3 N–H and O–H groups in total. The maximum Gasteiger partial charge on any atom is 0.251 e. The molecule has 3 rings (SSSR count). The van der Waals surface area contributed by atoms with E-state index in [1.54, 1.807) is 36.4 Å². The first-order chi connectivity index (χ1) is 13.1. The average Bonchev–Trinajstić information content (AvgIpc) is 2.67. The molecule has 0 bridgehead atoms. The summed E-state index contributed by atoms with van der Waals surface area (Å²) in [5.41, 5.74) is 1.93. The molecule has 1 fully saturated rings. The van der Waals surface area contributed by atoms with Crippen molar-refractivity contribution in [3.05, 3.63) is 59.1 Å². The Labute approximate surface area is 164 Å². The number of rotatable bonds is 6. The molecule has 5 nitrogen and oxygen atoms in total. The molecule has 0 unspecified atom stereocenters. The lowest BCUT2D eigenvalue weighted by atomic mass is 9.95.